The number of imide groups is 1. The van der Waals surface area contributed by atoms with Gasteiger partial charge in [-0.3, -0.25) is 14.5 Å². The number of amides is 4. The fraction of sp³-hybridized carbons (Fsp3) is 0.464. The normalized spacial score (nSPS) is 20.8. The monoisotopic (exact) mass is 494 g/mol. The molecule has 0 saturated carbocycles. The maximum atomic E-state index is 14.0. The van der Waals surface area contributed by atoms with E-state index in [-0.39, 0.29) is 36.5 Å². The van der Waals surface area contributed by atoms with Gasteiger partial charge in [0.05, 0.1) is 0 Å². The van der Waals surface area contributed by atoms with Gasteiger partial charge in [-0.05, 0) is 76.0 Å². The summed E-state index contributed by atoms with van der Waals surface area (Å²) in [7, 11) is 3.78. The maximum Gasteiger partial charge on any atom is 0.325 e. The molecule has 2 fully saturated rings. The summed E-state index contributed by atoms with van der Waals surface area (Å²) in [6, 6.07) is 11.6. The van der Waals surface area contributed by atoms with Crippen LogP contribution in [0.3, 0.4) is 0 Å². The smallest absolute Gasteiger partial charge is 0.325 e. The lowest BCUT2D eigenvalue weighted by atomic mass is 9.73. The van der Waals surface area contributed by atoms with Gasteiger partial charge in [0.25, 0.3) is 11.8 Å². The highest BCUT2D eigenvalue weighted by molar-refractivity contribution is 6.07. The van der Waals surface area contributed by atoms with Gasteiger partial charge < -0.3 is 15.1 Å². The molecule has 2 aliphatic rings. The minimum absolute atomic E-state index is 0.0109. The largest absolute Gasteiger partial charge is 0.339 e. The molecule has 8 heteroatoms. The van der Waals surface area contributed by atoms with E-state index in [2.05, 4.69) is 5.32 Å². The third-order valence-electron chi connectivity index (χ3n) is 7.45. The van der Waals surface area contributed by atoms with E-state index in [1.165, 1.54) is 17.0 Å². The number of benzene rings is 2. The average molecular weight is 495 g/mol. The summed E-state index contributed by atoms with van der Waals surface area (Å²) in [5, 5.41) is 3.01. The standard InChI is InChI=1S/C28H35FN4O3/c1-19-8-9-20(2)24(16-19)25(34)32-12-10-22(11-13-32)28(18-21-6-5-7-23(29)17-21)26(35)33(27(36)30-28)15-14-31(3)4/h5-9,16-17,22H,10-15,18H2,1-4H3,(H,30,36). The molecule has 4 amide bonds. The molecule has 0 aliphatic carbocycles. The number of rotatable bonds is 7. The Kier molecular flexibility index (Phi) is 7.45. The van der Waals surface area contributed by atoms with E-state index in [1.54, 1.807) is 12.1 Å². The van der Waals surface area contributed by atoms with Crippen molar-refractivity contribution in [1.82, 2.24) is 20.0 Å². The molecule has 2 heterocycles. The van der Waals surface area contributed by atoms with Gasteiger partial charge >= 0.3 is 6.03 Å². The Bertz CT molecular complexity index is 1160. The van der Waals surface area contributed by atoms with E-state index >= 15 is 0 Å². The van der Waals surface area contributed by atoms with Gasteiger partial charge in [0, 0.05) is 38.2 Å². The summed E-state index contributed by atoms with van der Waals surface area (Å²) in [6.07, 6.45) is 1.35. The Morgan fingerprint density at radius 1 is 1.11 bits per heavy atom. The van der Waals surface area contributed by atoms with Crippen molar-refractivity contribution >= 4 is 17.8 Å². The summed E-state index contributed by atoms with van der Waals surface area (Å²) in [6.45, 7) is 5.72. The number of halogens is 1. The molecule has 192 valence electrons. The van der Waals surface area contributed by atoms with Crippen LogP contribution in [0.15, 0.2) is 42.5 Å². The minimum atomic E-state index is -1.16. The second kappa shape index (κ2) is 10.4. The second-order valence-corrected chi connectivity index (χ2v) is 10.4. The van der Waals surface area contributed by atoms with E-state index < -0.39 is 11.6 Å². The molecular weight excluding hydrogens is 459 g/mol. The minimum Gasteiger partial charge on any atom is -0.339 e. The molecule has 2 aromatic rings. The first-order chi connectivity index (χ1) is 17.1. The zero-order valence-electron chi connectivity index (χ0n) is 21.5. The molecule has 2 aliphatic heterocycles. The Labute approximate surface area is 212 Å². The first kappa shape index (κ1) is 25.8. The molecule has 0 bridgehead atoms. The van der Waals surface area contributed by atoms with Crippen LogP contribution < -0.4 is 5.32 Å². The highest BCUT2D eigenvalue weighted by Gasteiger charge is 2.56. The van der Waals surface area contributed by atoms with Crippen molar-refractivity contribution in [1.29, 1.82) is 0 Å². The fourth-order valence-corrected chi connectivity index (χ4v) is 5.37. The summed E-state index contributed by atoms with van der Waals surface area (Å²) in [4.78, 5) is 45.1. The first-order valence-electron chi connectivity index (χ1n) is 12.5. The van der Waals surface area contributed by atoms with Crippen LogP contribution in [-0.4, -0.2) is 78.4 Å². The second-order valence-electron chi connectivity index (χ2n) is 10.4. The van der Waals surface area contributed by atoms with Crippen molar-refractivity contribution < 1.29 is 18.8 Å². The zero-order chi connectivity index (χ0) is 26.0. The van der Waals surface area contributed by atoms with E-state index in [4.69, 9.17) is 0 Å². The number of hydrogen-bond donors (Lipinski definition) is 1. The van der Waals surface area contributed by atoms with Crippen LogP contribution in [0.25, 0.3) is 0 Å². The van der Waals surface area contributed by atoms with Crippen molar-refractivity contribution in [2.45, 2.75) is 38.6 Å². The Morgan fingerprint density at radius 3 is 2.50 bits per heavy atom. The Balaban J connectivity index is 1.57. The van der Waals surface area contributed by atoms with Crippen LogP contribution in [-0.2, 0) is 11.2 Å². The average Bonchev–Trinajstić information content (AvgIpc) is 3.08. The van der Waals surface area contributed by atoms with E-state index in [1.807, 2.05) is 55.9 Å². The number of likely N-dealkylation sites (tertiary alicyclic amines) is 1. The van der Waals surface area contributed by atoms with Gasteiger partial charge in [0.1, 0.15) is 11.4 Å². The Hall–Kier alpha value is -3.26. The number of aryl methyl sites for hydroxylation is 2. The number of urea groups is 1. The molecule has 1 atom stereocenters. The predicted molar refractivity (Wildman–Crippen MR) is 136 cm³/mol. The van der Waals surface area contributed by atoms with Crippen LogP contribution in [0.5, 0.6) is 0 Å². The van der Waals surface area contributed by atoms with Crippen molar-refractivity contribution in [2.75, 3.05) is 40.3 Å². The summed E-state index contributed by atoms with van der Waals surface area (Å²) < 4.78 is 14.0. The molecular formula is C28H35FN4O3. The number of carbonyl (C=O) groups excluding carboxylic acids is 3. The molecule has 2 saturated heterocycles. The van der Waals surface area contributed by atoms with Crippen molar-refractivity contribution in [2.24, 2.45) is 5.92 Å². The molecule has 0 aromatic heterocycles. The summed E-state index contributed by atoms with van der Waals surface area (Å²) in [5.41, 5.74) is 2.16. The number of nitrogens with one attached hydrogen (secondary N) is 1. The van der Waals surface area contributed by atoms with E-state index in [0.717, 1.165) is 11.1 Å². The maximum absolute atomic E-state index is 14.0. The lowest BCUT2D eigenvalue weighted by Crippen LogP contribution is -2.58. The zero-order valence-corrected chi connectivity index (χ0v) is 21.5. The quantitative estimate of drug-likeness (QED) is 0.599. The van der Waals surface area contributed by atoms with Gasteiger partial charge in [-0.15, -0.1) is 0 Å². The van der Waals surface area contributed by atoms with Crippen molar-refractivity contribution in [3.63, 3.8) is 0 Å². The number of likely N-dealkylation sites (N-methyl/N-ethyl adjacent to an activating group) is 1. The lowest BCUT2D eigenvalue weighted by molar-refractivity contribution is -0.134. The van der Waals surface area contributed by atoms with Gasteiger partial charge in [-0.25, -0.2) is 9.18 Å². The van der Waals surface area contributed by atoms with Crippen LogP contribution in [0, 0.1) is 25.6 Å². The highest BCUT2D eigenvalue weighted by atomic mass is 19.1. The first-order valence-corrected chi connectivity index (χ1v) is 12.5. The number of hydrogen-bond acceptors (Lipinski definition) is 4. The third kappa shape index (κ3) is 5.14. The summed E-state index contributed by atoms with van der Waals surface area (Å²) >= 11 is 0. The van der Waals surface area contributed by atoms with Crippen molar-refractivity contribution in [3.05, 3.63) is 70.5 Å². The molecule has 0 radical (unpaired) electrons. The predicted octanol–water partition coefficient (Wildman–Crippen LogP) is 3.39. The number of nitrogens with zero attached hydrogens (tertiary/aromatic N) is 3. The molecule has 0 spiro atoms. The molecule has 2 aromatic carbocycles. The molecule has 1 unspecified atom stereocenters. The lowest BCUT2D eigenvalue weighted by Gasteiger charge is -2.41. The fourth-order valence-electron chi connectivity index (χ4n) is 5.37. The van der Waals surface area contributed by atoms with Crippen LogP contribution >= 0.6 is 0 Å². The molecule has 36 heavy (non-hydrogen) atoms. The number of carbonyl (C=O) groups is 3. The Morgan fingerprint density at radius 2 is 1.83 bits per heavy atom. The van der Waals surface area contributed by atoms with Gasteiger partial charge in [-0.1, -0.05) is 29.8 Å². The van der Waals surface area contributed by atoms with Gasteiger partial charge in [-0.2, -0.15) is 0 Å². The van der Waals surface area contributed by atoms with Gasteiger partial charge in [0.15, 0.2) is 0 Å². The summed E-state index contributed by atoms with van der Waals surface area (Å²) in [5.74, 6) is -0.830. The third-order valence-corrected chi connectivity index (χ3v) is 7.45. The number of piperidine rings is 1. The van der Waals surface area contributed by atoms with Crippen LogP contribution in [0.4, 0.5) is 9.18 Å². The topological polar surface area (TPSA) is 73.0 Å². The van der Waals surface area contributed by atoms with E-state index in [9.17, 15) is 18.8 Å². The molecule has 7 nitrogen and oxygen atoms in total. The van der Waals surface area contributed by atoms with Gasteiger partial charge in [0.2, 0.25) is 0 Å². The van der Waals surface area contributed by atoms with Crippen molar-refractivity contribution in [3.8, 4) is 0 Å². The van der Waals surface area contributed by atoms with Crippen LogP contribution in [0.2, 0.25) is 0 Å². The SMILES string of the molecule is Cc1ccc(C)c(C(=O)N2CCC(C3(Cc4cccc(F)c4)NC(=O)N(CCN(C)C)C3=O)CC2)c1. The molecule has 4 rings (SSSR count). The van der Waals surface area contributed by atoms with Crippen LogP contribution in [0.1, 0.15) is 39.9 Å². The molecule has 1 N–H and O–H groups in total. The highest BCUT2D eigenvalue weighted by Crippen LogP contribution is 2.37. The van der Waals surface area contributed by atoms with E-state index in [0.29, 0.717) is 43.6 Å².